The van der Waals surface area contributed by atoms with Crippen molar-refractivity contribution < 1.29 is 27.9 Å². The summed E-state index contributed by atoms with van der Waals surface area (Å²) in [6, 6.07) is -0.790. The van der Waals surface area contributed by atoms with E-state index in [-0.39, 0.29) is 0 Å². The highest BCUT2D eigenvalue weighted by Crippen LogP contribution is 2.32. The average Bonchev–Trinajstić information content (AvgIpc) is 2.17. The predicted molar refractivity (Wildman–Crippen MR) is 56.1 cm³/mol. The van der Waals surface area contributed by atoms with Gasteiger partial charge in [-0.05, 0) is 19.3 Å². The number of carbonyl (C=O) groups excluding carboxylic acids is 1. The van der Waals surface area contributed by atoms with Crippen molar-refractivity contribution >= 4 is 12.0 Å². The van der Waals surface area contributed by atoms with Gasteiger partial charge in [-0.25, -0.2) is 9.59 Å². The number of carboxylic acids is 1. The van der Waals surface area contributed by atoms with E-state index in [0.717, 1.165) is 4.90 Å². The predicted octanol–water partition coefficient (Wildman–Crippen LogP) is 1.59. The van der Waals surface area contributed by atoms with Gasteiger partial charge in [0, 0.05) is 13.6 Å². The van der Waals surface area contributed by atoms with Gasteiger partial charge >= 0.3 is 18.2 Å². The molecule has 0 heterocycles. The minimum absolute atomic E-state index is 0.307. The summed E-state index contributed by atoms with van der Waals surface area (Å²) < 4.78 is 35.9. The third kappa shape index (κ3) is 3.51. The number of halogens is 3. The summed E-state index contributed by atoms with van der Waals surface area (Å²) in [6.45, 7) is -0.495. The maximum absolute atomic E-state index is 12.0. The number of hydrogen-bond donors (Lipinski definition) is 2. The third-order valence-electron chi connectivity index (χ3n) is 3.04. The van der Waals surface area contributed by atoms with Crippen molar-refractivity contribution in [3.8, 4) is 0 Å². The quantitative estimate of drug-likeness (QED) is 0.813. The molecule has 0 aliphatic heterocycles. The molecular formula is C10H15F3N2O3. The van der Waals surface area contributed by atoms with Crippen LogP contribution in [0, 0.1) is 0 Å². The Labute approximate surface area is 102 Å². The molecule has 1 aliphatic rings. The number of hydrogen-bond acceptors (Lipinski definition) is 2. The number of urea groups is 1. The van der Waals surface area contributed by atoms with Crippen LogP contribution >= 0.6 is 0 Å². The molecule has 0 spiro atoms. The Morgan fingerprint density at radius 1 is 1.39 bits per heavy atom. The molecule has 1 aliphatic carbocycles. The molecule has 1 rings (SSSR count). The van der Waals surface area contributed by atoms with Crippen molar-refractivity contribution in [3.05, 3.63) is 0 Å². The van der Waals surface area contributed by atoms with E-state index in [0.29, 0.717) is 19.3 Å². The van der Waals surface area contributed by atoms with Crippen LogP contribution in [-0.4, -0.2) is 47.3 Å². The molecule has 0 saturated heterocycles. The number of nitrogens with zero attached hydrogens (tertiary/aromatic N) is 1. The summed E-state index contributed by atoms with van der Waals surface area (Å²) in [6.07, 6.45) is -4.16. The lowest BCUT2D eigenvalue weighted by atomic mass is 9.77. The fourth-order valence-corrected chi connectivity index (χ4v) is 1.62. The maximum atomic E-state index is 12.0. The highest BCUT2D eigenvalue weighted by atomic mass is 19.4. The fourth-order valence-electron chi connectivity index (χ4n) is 1.62. The van der Waals surface area contributed by atoms with Gasteiger partial charge in [-0.3, -0.25) is 0 Å². The van der Waals surface area contributed by atoms with Gasteiger partial charge in [0.15, 0.2) is 0 Å². The van der Waals surface area contributed by atoms with Crippen LogP contribution in [0.1, 0.15) is 25.7 Å². The van der Waals surface area contributed by atoms with E-state index in [2.05, 4.69) is 5.32 Å². The van der Waals surface area contributed by atoms with Crippen molar-refractivity contribution in [2.75, 3.05) is 13.6 Å². The zero-order chi connectivity index (χ0) is 14.0. The van der Waals surface area contributed by atoms with Gasteiger partial charge in [0.25, 0.3) is 0 Å². The molecule has 0 aromatic heterocycles. The van der Waals surface area contributed by atoms with Crippen LogP contribution in [0.15, 0.2) is 0 Å². The van der Waals surface area contributed by atoms with Gasteiger partial charge < -0.3 is 15.3 Å². The molecule has 5 nitrogen and oxygen atoms in total. The van der Waals surface area contributed by atoms with E-state index in [1.54, 1.807) is 0 Å². The van der Waals surface area contributed by atoms with Crippen LogP contribution in [-0.2, 0) is 4.79 Å². The van der Waals surface area contributed by atoms with Crippen LogP contribution in [0.2, 0.25) is 0 Å². The number of alkyl halides is 3. The van der Waals surface area contributed by atoms with Crippen LogP contribution in [0.5, 0.6) is 0 Å². The summed E-state index contributed by atoms with van der Waals surface area (Å²) in [4.78, 5) is 23.4. The second-order valence-corrected chi connectivity index (χ2v) is 4.46. The maximum Gasteiger partial charge on any atom is 0.390 e. The Balaban J connectivity index is 2.47. The van der Waals surface area contributed by atoms with Crippen LogP contribution < -0.4 is 5.32 Å². The average molecular weight is 268 g/mol. The summed E-state index contributed by atoms with van der Waals surface area (Å²) in [7, 11) is 1.20. The molecule has 8 heteroatoms. The molecule has 2 N–H and O–H groups in total. The third-order valence-corrected chi connectivity index (χ3v) is 3.04. The minimum Gasteiger partial charge on any atom is -0.480 e. The van der Waals surface area contributed by atoms with Crippen LogP contribution in [0.3, 0.4) is 0 Å². The molecule has 1 saturated carbocycles. The minimum atomic E-state index is -4.34. The smallest absolute Gasteiger partial charge is 0.390 e. The van der Waals surface area contributed by atoms with Gasteiger partial charge in [0.1, 0.15) is 5.54 Å². The molecule has 0 unspecified atom stereocenters. The number of carboxylic acid groups (broad SMARTS) is 1. The summed E-state index contributed by atoms with van der Waals surface area (Å²) in [5, 5.41) is 11.2. The lowest BCUT2D eigenvalue weighted by Gasteiger charge is -2.39. The first kappa shape index (κ1) is 14.6. The van der Waals surface area contributed by atoms with Gasteiger partial charge in [0.05, 0.1) is 6.42 Å². The van der Waals surface area contributed by atoms with E-state index >= 15 is 0 Å². The standard InChI is InChI=1S/C10H15F3N2O3/c1-15(6-5-10(11,12)13)8(18)14-9(7(16)17)3-2-4-9/h2-6H2,1H3,(H,14,18)(H,16,17). The zero-order valence-corrected chi connectivity index (χ0v) is 9.88. The summed E-state index contributed by atoms with van der Waals surface area (Å²) in [5.41, 5.74) is -1.30. The first-order valence-electron chi connectivity index (χ1n) is 5.50. The zero-order valence-electron chi connectivity index (χ0n) is 9.88. The van der Waals surface area contributed by atoms with E-state index in [9.17, 15) is 22.8 Å². The van der Waals surface area contributed by atoms with Crippen LogP contribution in [0.25, 0.3) is 0 Å². The monoisotopic (exact) mass is 268 g/mol. The molecule has 1 fully saturated rings. The topological polar surface area (TPSA) is 69.6 Å². The normalized spacial score (nSPS) is 17.8. The van der Waals surface area contributed by atoms with Crippen molar-refractivity contribution in [2.24, 2.45) is 0 Å². The van der Waals surface area contributed by atoms with Gasteiger partial charge in [-0.2, -0.15) is 13.2 Å². The van der Waals surface area contributed by atoms with Gasteiger partial charge in [-0.1, -0.05) is 0 Å². The van der Waals surface area contributed by atoms with E-state index < -0.39 is 36.7 Å². The van der Waals surface area contributed by atoms with E-state index in [1.165, 1.54) is 7.05 Å². The van der Waals surface area contributed by atoms with Gasteiger partial charge in [-0.15, -0.1) is 0 Å². The second-order valence-electron chi connectivity index (χ2n) is 4.46. The molecule has 0 aromatic carbocycles. The fraction of sp³-hybridized carbons (Fsp3) is 0.800. The molecule has 0 radical (unpaired) electrons. The van der Waals surface area contributed by atoms with Crippen molar-refractivity contribution in [3.63, 3.8) is 0 Å². The lowest BCUT2D eigenvalue weighted by molar-refractivity contribution is -0.148. The number of carbonyl (C=O) groups is 2. The number of nitrogens with one attached hydrogen (secondary N) is 1. The SMILES string of the molecule is CN(CCC(F)(F)F)C(=O)NC1(C(=O)O)CCC1. The van der Waals surface area contributed by atoms with Gasteiger partial charge in [0.2, 0.25) is 0 Å². The Morgan fingerprint density at radius 2 is 1.94 bits per heavy atom. The Kier molecular flexibility index (Phi) is 4.08. The Morgan fingerprint density at radius 3 is 2.28 bits per heavy atom. The number of rotatable bonds is 4. The molecular weight excluding hydrogens is 253 g/mol. The largest absolute Gasteiger partial charge is 0.480 e. The molecule has 0 atom stereocenters. The van der Waals surface area contributed by atoms with Crippen molar-refractivity contribution in [1.82, 2.24) is 10.2 Å². The second kappa shape index (κ2) is 5.03. The molecule has 0 aromatic rings. The van der Waals surface area contributed by atoms with E-state index in [1.807, 2.05) is 0 Å². The lowest BCUT2D eigenvalue weighted by Crippen LogP contribution is -2.61. The van der Waals surface area contributed by atoms with E-state index in [4.69, 9.17) is 5.11 Å². The van der Waals surface area contributed by atoms with Crippen molar-refractivity contribution in [2.45, 2.75) is 37.4 Å². The molecule has 18 heavy (non-hydrogen) atoms. The molecule has 104 valence electrons. The molecule has 0 bridgehead atoms. The highest BCUT2D eigenvalue weighted by Gasteiger charge is 2.46. The highest BCUT2D eigenvalue weighted by molar-refractivity contribution is 5.87. The Bertz CT molecular complexity index is 340. The summed E-state index contributed by atoms with van der Waals surface area (Å²) >= 11 is 0. The van der Waals surface area contributed by atoms with Crippen LogP contribution in [0.4, 0.5) is 18.0 Å². The number of aliphatic carboxylic acids is 1. The summed E-state index contributed by atoms with van der Waals surface area (Å²) in [5.74, 6) is -1.15. The Hall–Kier alpha value is -1.47. The first-order valence-corrected chi connectivity index (χ1v) is 5.50. The molecule has 2 amide bonds. The number of amides is 2. The van der Waals surface area contributed by atoms with Crippen molar-refractivity contribution in [1.29, 1.82) is 0 Å². The first-order chi connectivity index (χ1) is 8.16.